The van der Waals surface area contributed by atoms with Crippen molar-refractivity contribution in [3.8, 4) is 0 Å². The fourth-order valence-electron chi connectivity index (χ4n) is 1.75. The molecule has 0 amide bonds. The first kappa shape index (κ1) is 9.89. The van der Waals surface area contributed by atoms with Crippen LogP contribution < -0.4 is 5.32 Å². The minimum Gasteiger partial charge on any atom is -0.459 e. The van der Waals surface area contributed by atoms with Crippen LogP contribution in [0.3, 0.4) is 0 Å². The Morgan fingerprint density at radius 1 is 1.57 bits per heavy atom. The van der Waals surface area contributed by atoms with Gasteiger partial charge in [0.2, 0.25) is 0 Å². The number of nitrogens with one attached hydrogen (secondary N) is 1. The van der Waals surface area contributed by atoms with Crippen molar-refractivity contribution in [2.75, 3.05) is 19.8 Å². The second-order valence-electron chi connectivity index (χ2n) is 3.77. The van der Waals surface area contributed by atoms with Crippen LogP contribution in [0.2, 0.25) is 0 Å². The van der Waals surface area contributed by atoms with Gasteiger partial charge in [0.25, 0.3) is 0 Å². The van der Waals surface area contributed by atoms with Gasteiger partial charge in [-0.2, -0.15) is 0 Å². The van der Waals surface area contributed by atoms with Crippen LogP contribution in [0, 0.1) is 0 Å². The monoisotopic (exact) mass is 201 g/mol. The Bertz CT molecular complexity index is 215. The Morgan fingerprint density at radius 3 is 3.00 bits per heavy atom. The summed E-state index contributed by atoms with van der Waals surface area (Å²) < 4.78 is 10.3. The number of aliphatic hydroxyl groups is 1. The summed E-state index contributed by atoms with van der Waals surface area (Å²) in [5.74, 6) is -0.267. The van der Waals surface area contributed by atoms with E-state index in [-0.39, 0.29) is 18.1 Å². The molecule has 2 aliphatic heterocycles. The van der Waals surface area contributed by atoms with Crippen LogP contribution in [-0.4, -0.2) is 49.1 Å². The lowest BCUT2D eigenvalue weighted by molar-refractivity contribution is -0.151. The van der Waals surface area contributed by atoms with Crippen LogP contribution in [-0.2, 0) is 14.3 Å². The average molecular weight is 201 g/mol. The van der Waals surface area contributed by atoms with Gasteiger partial charge in [-0.15, -0.1) is 0 Å². The van der Waals surface area contributed by atoms with Gasteiger partial charge >= 0.3 is 5.97 Å². The lowest BCUT2D eigenvalue weighted by atomic mass is 10.2. The Morgan fingerprint density at radius 2 is 2.43 bits per heavy atom. The Hall–Kier alpha value is -0.650. The second kappa shape index (κ2) is 4.25. The third-order valence-corrected chi connectivity index (χ3v) is 2.56. The molecule has 0 aliphatic carbocycles. The van der Waals surface area contributed by atoms with Crippen molar-refractivity contribution in [3.05, 3.63) is 0 Å². The summed E-state index contributed by atoms with van der Waals surface area (Å²) in [6.45, 7) is 1.64. The highest BCUT2D eigenvalue weighted by Crippen LogP contribution is 2.13. The molecule has 0 spiro atoms. The smallest absolute Gasteiger partial charge is 0.323 e. The molecule has 0 aromatic heterocycles. The van der Waals surface area contributed by atoms with Gasteiger partial charge in [0.05, 0.1) is 19.3 Å². The van der Waals surface area contributed by atoms with Crippen molar-refractivity contribution >= 4 is 5.97 Å². The number of hydrogen-bond donors (Lipinski definition) is 2. The van der Waals surface area contributed by atoms with Crippen molar-refractivity contribution in [1.82, 2.24) is 5.32 Å². The Labute approximate surface area is 82.4 Å². The second-order valence-corrected chi connectivity index (χ2v) is 3.77. The Balaban J connectivity index is 1.77. The largest absolute Gasteiger partial charge is 0.459 e. The minimum absolute atomic E-state index is 0.0953. The van der Waals surface area contributed by atoms with E-state index in [1.807, 2.05) is 0 Å². The summed E-state index contributed by atoms with van der Waals surface area (Å²) >= 11 is 0. The normalized spacial score (nSPS) is 37.4. The molecule has 14 heavy (non-hydrogen) atoms. The SMILES string of the molecule is O=C(OC1CCOC1)[C@@H]1C[C@H](O)CN1. The minimum atomic E-state index is -0.424. The van der Waals surface area contributed by atoms with Crippen LogP contribution in [0.15, 0.2) is 0 Å². The van der Waals surface area contributed by atoms with Crippen molar-refractivity contribution in [2.45, 2.75) is 31.1 Å². The molecule has 1 unspecified atom stereocenters. The standard InChI is InChI=1S/C9H15NO4/c11-6-3-8(10-4-6)9(12)14-7-1-2-13-5-7/h6-8,10-11H,1-5H2/t6-,7?,8-/m0/s1. The number of β-amino-alcohol motifs (C(OH)–C–C–N with tert-alkyl or cyclic N) is 1. The van der Waals surface area contributed by atoms with Gasteiger partial charge in [-0.05, 0) is 0 Å². The molecule has 0 aromatic rings. The highest BCUT2D eigenvalue weighted by Gasteiger charge is 2.31. The molecular weight excluding hydrogens is 186 g/mol. The molecule has 2 saturated heterocycles. The lowest BCUT2D eigenvalue weighted by Gasteiger charge is -2.13. The maximum atomic E-state index is 11.5. The summed E-state index contributed by atoms with van der Waals surface area (Å²) in [7, 11) is 0. The van der Waals surface area contributed by atoms with Crippen molar-refractivity contribution in [2.24, 2.45) is 0 Å². The van der Waals surface area contributed by atoms with Crippen molar-refractivity contribution in [3.63, 3.8) is 0 Å². The molecule has 2 aliphatic rings. The number of esters is 1. The lowest BCUT2D eigenvalue weighted by Crippen LogP contribution is -2.35. The van der Waals surface area contributed by atoms with Gasteiger partial charge in [0.1, 0.15) is 12.1 Å². The molecule has 2 fully saturated rings. The maximum Gasteiger partial charge on any atom is 0.323 e. The first-order valence-electron chi connectivity index (χ1n) is 4.95. The summed E-state index contributed by atoms with van der Waals surface area (Å²) in [6.07, 6.45) is 0.711. The summed E-state index contributed by atoms with van der Waals surface area (Å²) in [6, 6.07) is -0.342. The van der Waals surface area contributed by atoms with Gasteiger partial charge in [-0.3, -0.25) is 4.79 Å². The summed E-state index contributed by atoms with van der Waals surface area (Å²) in [4.78, 5) is 11.5. The molecule has 80 valence electrons. The number of ether oxygens (including phenoxy) is 2. The molecule has 2 N–H and O–H groups in total. The topological polar surface area (TPSA) is 67.8 Å². The predicted molar refractivity (Wildman–Crippen MR) is 47.7 cm³/mol. The van der Waals surface area contributed by atoms with Crippen LogP contribution in [0.1, 0.15) is 12.8 Å². The van der Waals surface area contributed by atoms with E-state index in [0.29, 0.717) is 26.2 Å². The van der Waals surface area contributed by atoms with E-state index in [2.05, 4.69) is 5.32 Å². The van der Waals surface area contributed by atoms with E-state index >= 15 is 0 Å². The molecule has 2 rings (SSSR count). The van der Waals surface area contributed by atoms with Gasteiger partial charge in [-0.25, -0.2) is 0 Å². The van der Waals surface area contributed by atoms with E-state index in [4.69, 9.17) is 9.47 Å². The zero-order valence-electron chi connectivity index (χ0n) is 7.94. The van der Waals surface area contributed by atoms with Gasteiger partial charge < -0.3 is 19.9 Å². The quantitative estimate of drug-likeness (QED) is 0.563. The van der Waals surface area contributed by atoms with E-state index < -0.39 is 6.10 Å². The fourth-order valence-corrected chi connectivity index (χ4v) is 1.75. The zero-order chi connectivity index (χ0) is 9.97. The summed E-state index contributed by atoms with van der Waals surface area (Å²) in [5.41, 5.74) is 0. The third kappa shape index (κ3) is 2.23. The van der Waals surface area contributed by atoms with Crippen LogP contribution in [0.5, 0.6) is 0 Å². The molecule has 5 nitrogen and oxygen atoms in total. The van der Waals surface area contributed by atoms with Crippen molar-refractivity contribution in [1.29, 1.82) is 0 Å². The van der Waals surface area contributed by atoms with Gasteiger partial charge in [0, 0.05) is 19.4 Å². The molecule has 3 atom stereocenters. The van der Waals surface area contributed by atoms with Gasteiger partial charge in [0.15, 0.2) is 0 Å². The Kier molecular flexibility index (Phi) is 3.00. The predicted octanol–water partition coefficient (Wildman–Crippen LogP) is -0.959. The average Bonchev–Trinajstić information content (AvgIpc) is 2.75. The van der Waals surface area contributed by atoms with E-state index in [1.165, 1.54) is 0 Å². The highest BCUT2D eigenvalue weighted by molar-refractivity contribution is 5.76. The maximum absolute atomic E-state index is 11.5. The van der Waals surface area contributed by atoms with E-state index in [9.17, 15) is 9.90 Å². The number of carbonyl (C=O) groups is 1. The zero-order valence-corrected chi connectivity index (χ0v) is 7.94. The molecule has 5 heteroatoms. The first-order chi connectivity index (χ1) is 6.75. The highest BCUT2D eigenvalue weighted by atomic mass is 16.6. The molecule has 0 radical (unpaired) electrons. The number of rotatable bonds is 2. The van der Waals surface area contributed by atoms with E-state index in [1.54, 1.807) is 0 Å². The van der Waals surface area contributed by atoms with Crippen LogP contribution in [0.4, 0.5) is 0 Å². The molecular formula is C9H15NO4. The van der Waals surface area contributed by atoms with Crippen LogP contribution >= 0.6 is 0 Å². The molecule has 0 aromatic carbocycles. The molecule has 0 saturated carbocycles. The first-order valence-corrected chi connectivity index (χ1v) is 4.95. The van der Waals surface area contributed by atoms with Crippen molar-refractivity contribution < 1.29 is 19.4 Å². The fraction of sp³-hybridized carbons (Fsp3) is 0.889. The third-order valence-electron chi connectivity index (χ3n) is 2.56. The number of hydrogen-bond acceptors (Lipinski definition) is 5. The van der Waals surface area contributed by atoms with Gasteiger partial charge in [-0.1, -0.05) is 0 Å². The number of aliphatic hydroxyl groups excluding tert-OH is 1. The molecule has 0 bridgehead atoms. The molecule has 2 heterocycles. The van der Waals surface area contributed by atoms with Crippen LogP contribution in [0.25, 0.3) is 0 Å². The number of carbonyl (C=O) groups excluding carboxylic acids is 1. The van der Waals surface area contributed by atoms with E-state index in [0.717, 1.165) is 6.42 Å². The summed E-state index contributed by atoms with van der Waals surface area (Å²) in [5, 5.41) is 12.1.